The van der Waals surface area contributed by atoms with E-state index in [4.69, 9.17) is 0 Å². The predicted octanol–water partition coefficient (Wildman–Crippen LogP) is 8.19. The van der Waals surface area contributed by atoms with Gasteiger partial charge in [0, 0.05) is 41.4 Å². The highest BCUT2D eigenvalue weighted by Crippen LogP contribution is 2.65. The van der Waals surface area contributed by atoms with Crippen LogP contribution in [0.2, 0.25) is 0 Å². The standard InChI is InChI=1S/C39H48N4O3/c1-25-10-13-39(34(46)43-23-30(42-24-43)26-9-8-16-41-22-26)15-14-35(2,3)20-28(39)17-29(44)18-32-37(25,6)12-11-31-36(4,5)33(45)27(21-40)19-38(31,32)7/h8-9,16,18-19,22-25,28,31H,10-15,17,20H2,1-7H3/b32-18+/t25-,28-,31+,37+,38+,39-/m1/s1. The topological polar surface area (TPSA) is 106 Å². The summed E-state index contributed by atoms with van der Waals surface area (Å²) in [6.07, 6.45) is 16.7. The minimum atomic E-state index is -0.702. The third-order valence-corrected chi connectivity index (χ3v) is 13.0. The van der Waals surface area contributed by atoms with Crippen molar-refractivity contribution in [1.29, 1.82) is 5.26 Å². The maximum Gasteiger partial charge on any atom is 0.238 e. The summed E-state index contributed by atoms with van der Waals surface area (Å²) in [7, 11) is 0. The van der Waals surface area contributed by atoms with E-state index < -0.39 is 16.2 Å². The number of fused-ring (bicyclic) bond motifs is 4. The van der Waals surface area contributed by atoms with Crippen molar-refractivity contribution in [1.82, 2.24) is 14.5 Å². The van der Waals surface area contributed by atoms with Crippen LogP contribution in [-0.4, -0.2) is 32.0 Å². The largest absolute Gasteiger partial charge is 0.295 e. The van der Waals surface area contributed by atoms with Gasteiger partial charge in [-0.15, -0.1) is 0 Å². The van der Waals surface area contributed by atoms with Gasteiger partial charge in [-0.2, -0.15) is 5.26 Å². The summed E-state index contributed by atoms with van der Waals surface area (Å²) in [6, 6.07) is 5.99. The second kappa shape index (κ2) is 11.0. The summed E-state index contributed by atoms with van der Waals surface area (Å²) in [6.45, 7) is 15.1. The molecule has 0 saturated heterocycles. The fourth-order valence-electron chi connectivity index (χ4n) is 10.1. The van der Waals surface area contributed by atoms with Crippen molar-refractivity contribution in [2.45, 2.75) is 99.8 Å². The molecule has 4 aliphatic rings. The number of Topliss-reactive ketones (excluding diaryl/α,β-unsaturated/α-hetero) is 1. The molecule has 0 amide bonds. The molecule has 2 aromatic heterocycles. The first-order valence-electron chi connectivity index (χ1n) is 17.0. The quantitative estimate of drug-likeness (QED) is 0.335. The summed E-state index contributed by atoms with van der Waals surface area (Å²) < 4.78 is 1.67. The number of nitrogens with zero attached hydrogens (tertiary/aromatic N) is 4. The first-order chi connectivity index (χ1) is 21.6. The summed E-state index contributed by atoms with van der Waals surface area (Å²) in [5, 5.41) is 10.00. The molecule has 0 N–H and O–H groups in total. The van der Waals surface area contributed by atoms with Crippen LogP contribution in [0.1, 0.15) is 105 Å². The average Bonchev–Trinajstić information content (AvgIpc) is 3.50. The zero-order valence-corrected chi connectivity index (χ0v) is 28.5. The van der Waals surface area contributed by atoms with Gasteiger partial charge in [-0.3, -0.25) is 23.9 Å². The zero-order chi connectivity index (χ0) is 33.3. The molecule has 2 heterocycles. The average molecular weight is 621 g/mol. The van der Waals surface area contributed by atoms with Gasteiger partial charge in [0.15, 0.2) is 11.6 Å². The Morgan fingerprint density at radius 1 is 1.04 bits per heavy atom. The molecular weight excluding hydrogens is 572 g/mol. The number of rotatable bonds is 2. The normalized spacial score (nSPS) is 36.5. The molecular formula is C39H48N4O3. The smallest absolute Gasteiger partial charge is 0.238 e. The predicted molar refractivity (Wildman–Crippen MR) is 177 cm³/mol. The number of carbonyl (C=O) groups is 3. The molecule has 46 heavy (non-hydrogen) atoms. The Bertz CT molecular complexity index is 1690. The minimum Gasteiger partial charge on any atom is -0.295 e. The van der Waals surface area contributed by atoms with Gasteiger partial charge in [0.25, 0.3) is 0 Å². The molecule has 4 aliphatic carbocycles. The maximum absolute atomic E-state index is 14.8. The second-order valence-electron chi connectivity index (χ2n) is 16.6. The van der Waals surface area contributed by atoms with E-state index in [1.807, 2.05) is 44.3 Å². The lowest BCUT2D eigenvalue weighted by atomic mass is 9.44. The van der Waals surface area contributed by atoms with E-state index in [-0.39, 0.29) is 51.6 Å². The lowest BCUT2D eigenvalue weighted by Crippen LogP contribution is -2.54. The lowest BCUT2D eigenvalue weighted by molar-refractivity contribution is -0.131. The van der Waals surface area contributed by atoms with Crippen LogP contribution < -0.4 is 0 Å². The first-order valence-corrected chi connectivity index (χ1v) is 17.0. The van der Waals surface area contributed by atoms with Crippen LogP contribution in [0.4, 0.5) is 0 Å². The molecule has 7 nitrogen and oxygen atoms in total. The number of hydrogen-bond acceptors (Lipinski definition) is 6. The molecule has 0 aliphatic heterocycles. The second-order valence-corrected chi connectivity index (χ2v) is 16.6. The number of carbonyl (C=O) groups excluding carboxylic acids is 3. The van der Waals surface area contributed by atoms with Crippen molar-refractivity contribution in [3.05, 3.63) is 60.3 Å². The van der Waals surface area contributed by atoms with Crippen molar-refractivity contribution in [3.8, 4) is 17.3 Å². The molecule has 6 rings (SSSR count). The van der Waals surface area contributed by atoms with Crippen LogP contribution in [0.3, 0.4) is 0 Å². The van der Waals surface area contributed by atoms with Gasteiger partial charge in [-0.1, -0.05) is 60.1 Å². The zero-order valence-electron chi connectivity index (χ0n) is 28.5. The highest BCUT2D eigenvalue weighted by molar-refractivity contribution is 6.04. The third kappa shape index (κ3) is 4.95. The van der Waals surface area contributed by atoms with E-state index in [2.05, 4.69) is 50.7 Å². The lowest BCUT2D eigenvalue weighted by Gasteiger charge is -2.59. The van der Waals surface area contributed by atoms with Crippen LogP contribution in [-0.2, 0) is 9.59 Å². The van der Waals surface area contributed by atoms with E-state index in [0.717, 1.165) is 49.7 Å². The van der Waals surface area contributed by atoms with E-state index in [9.17, 15) is 19.6 Å². The molecule has 6 atom stereocenters. The van der Waals surface area contributed by atoms with Crippen molar-refractivity contribution in [2.75, 3.05) is 0 Å². The fraction of sp³-hybridized carbons (Fsp3) is 0.590. The molecule has 0 radical (unpaired) electrons. The number of nitriles is 1. The number of aromatic nitrogens is 3. The molecule has 2 aromatic rings. The van der Waals surface area contributed by atoms with E-state index in [0.29, 0.717) is 18.5 Å². The fourth-order valence-corrected chi connectivity index (χ4v) is 10.1. The van der Waals surface area contributed by atoms with Crippen molar-refractivity contribution >= 4 is 17.5 Å². The molecule has 242 valence electrons. The maximum atomic E-state index is 14.8. The number of allylic oxidation sites excluding steroid dienone is 4. The Morgan fingerprint density at radius 3 is 2.50 bits per heavy atom. The van der Waals surface area contributed by atoms with Gasteiger partial charge in [0.2, 0.25) is 5.91 Å². The van der Waals surface area contributed by atoms with Crippen LogP contribution in [0.25, 0.3) is 11.3 Å². The molecule has 0 aromatic carbocycles. The Hall–Kier alpha value is -3.66. The highest BCUT2D eigenvalue weighted by atomic mass is 16.2. The van der Waals surface area contributed by atoms with Crippen LogP contribution >= 0.6 is 0 Å². The minimum absolute atomic E-state index is 0.00333. The Kier molecular flexibility index (Phi) is 7.69. The van der Waals surface area contributed by atoms with E-state index in [1.54, 1.807) is 23.3 Å². The van der Waals surface area contributed by atoms with Crippen molar-refractivity contribution < 1.29 is 14.4 Å². The SMILES string of the molecule is C[C@@H]1CC[C@@]2(C(=O)n3cnc(-c4cccnc4)c3)CCC(C)(C)C[C@H]2CC(=O)/C=C2/[C@@]3(C)C=C(C#N)C(=O)C(C)(C)[C@@H]3CC[C@]21C. The molecule has 0 spiro atoms. The molecule has 7 heteroatoms. The number of pyridine rings is 1. The van der Waals surface area contributed by atoms with Crippen LogP contribution in [0, 0.1) is 56.2 Å². The van der Waals surface area contributed by atoms with Gasteiger partial charge in [0.05, 0.1) is 16.7 Å². The third-order valence-electron chi connectivity index (χ3n) is 13.0. The van der Waals surface area contributed by atoms with Gasteiger partial charge in [-0.25, -0.2) is 4.98 Å². The Labute approximate surface area is 273 Å². The van der Waals surface area contributed by atoms with Gasteiger partial charge >= 0.3 is 0 Å². The summed E-state index contributed by atoms with van der Waals surface area (Å²) in [5.41, 5.74) is 0.565. The number of imidazole rings is 1. The monoisotopic (exact) mass is 620 g/mol. The van der Waals surface area contributed by atoms with E-state index in [1.165, 1.54) is 0 Å². The number of hydrogen-bond donors (Lipinski definition) is 0. The summed E-state index contributed by atoms with van der Waals surface area (Å²) in [5.74, 6) is 0.0405. The van der Waals surface area contributed by atoms with Crippen molar-refractivity contribution in [3.63, 3.8) is 0 Å². The first kappa shape index (κ1) is 32.3. The van der Waals surface area contributed by atoms with Crippen molar-refractivity contribution in [2.24, 2.45) is 44.8 Å². The molecule has 2 saturated carbocycles. The highest BCUT2D eigenvalue weighted by Gasteiger charge is 2.60. The molecule has 2 fully saturated rings. The van der Waals surface area contributed by atoms with E-state index >= 15 is 0 Å². The molecule has 0 unspecified atom stereocenters. The summed E-state index contributed by atoms with van der Waals surface area (Å²) in [4.78, 5) is 51.3. The van der Waals surface area contributed by atoms with Gasteiger partial charge < -0.3 is 0 Å². The Morgan fingerprint density at radius 2 is 1.80 bits per heavy atom. The Balaban J connectivity index is 1.45. The summed E-state index contributed by atoms with van der Waals surface area (Å²) >= 11 is 0. The number of ketones is 2. The van der Waals surface area contributed by atoms with Gasteiger partial charge in [-0.05, 0) is 91.7 Å². The van der Waals surface area contributed by atoms with Gasteiger partial charge in [0.1, 0.15) is 12.4 Å². The van der Waals surface area contributed by atoms with Crippen LogP contribution in [0.15, 0.2) is 60.3 Å². The van der Waals surface area contributed by atoms with Crippen LogP contribution in [0.5, 0.6) is 0 Å². The molecule has 0 bridgehead atoms.